The molecule has 31 heavy (non-hydrogen) atoms. The molecule has 9 nitrogen and oxygen atoms in total. The molecule has 2 heterocycles. The van der Waals surface area contributed by atoms with Crippen LogP contribution in [-0.4, -0.2) is 69.7 Å². The van der Waals surface area contributed by atoms with Crippen molar-refractivity contribution in [2.75, 3.05) is 32.9 Å². The van der Waals surface area contributed by atoms with Gasteiger partial charge in [-0.2, -0.15) is 17.5 Å². The van der Waals surface area contributed by atoms with Crippen molar-refractivity contribution in [3.63, 3.8) is 0 Å². The SMILES string of the molecule is CCOC(=O)c1ccc(S(=O)(=O)N2CCC(C(=O)NC(C)COCC(F)(F)F)CC2)o1. The summed E-state index contributed by atoms with van der Waals surface area (Å²) in [6, 6.07) is 1.76. The molecule has 2 rings (SSSR count). The van der Waals surface area contributed by atoms with Gasteiger partial charge >= 0.3 is 12.1 Å². The Labute approximate surface area is 177 Å². The number of nitrogens with one attached hydrogen (secondary N) is 1. The molecule has 0 bridgehead atoms. The number of esters is 1. The summed E-state index contributed by atoms with van der Waals surface area (Å²) < 4.78 is 77.3. The molecular formula is C18H25F3N2O7S. The number of piperidine rings is 1. The van der Waals surface area contributed by atoms with Gasteiger partial charge < -0.3 is 19.2 Å². The molecule has 1 unspecified atom stereocenters. The van der Waals surface area contributed by atoms with Gasteiger partial charge in [-0.1, -0.05) is 0 Å². The van der Waals surface area contributed by atoms with Crippen LogP contribution in [-0.2, 0) is 24.3 Å². The summed E-state index contributed by atoms with van der Waals surface area (Å²) in [5, 5.41) is 2.19. The van der Waals surface area contributed by atoms with Crippen molar-refractivity contribution in [2.45, 2.75) is 44.0 Å². The Morgan fingerprint density at radius 3 is 2.52 bits per heavy atom. The lowest BCUT2D eigenvalue weighted by molar-refractivity contribution is -0.175. The fraction of sp³-hybridized carbons (Fsp3) is 0.667. The van der Waals surface area contributed by atoms with E-state index < -0.39 is 45.8 Å². The Morgan fingerprint density at radius 2 is 1.94 bits per heavy atom. The Balaban J connectivity index is 1.86. The van der Waals surface area contributed by atoms with Crippen LogP contribution in [0.15, 0.2) is 21.6 Å². The van der Waals surface area contributed by atoms with Crippen LogP contribution in [0.5, 0.6) is 0 Å². The van der Waals surface area contributed by atoms with Gasteiger partial charge in [0.25, 0.3) is 10.0 Å². The van der Waals surface area contributed by atoms with Crippen LogP contribution in [0.3, 0.4) is 0 Å². The standard InChI is InChI=1S/C18H25F3N2O7S/c1-3-29-17(25)14-4-5-15(30-14)31(26,27)23-8-6-13(7-9-23)16(24)22-12(2)10-28-11-18(19,20)21/h4-5,12-13H,3,6-11H2,1-2H3,(H,22,24). The minimum Gasteiger partial charge on any atom is -0.460 e. The number of amides is 1. The number of ether oxygens (including phenoxy) is 2. The van der Waals surface area contributed by atoms with E-state index >= 15 is 0 Å². The predicted molar refractivity (Wildman–Crippen MR) is 101 cm³/mol. The van der Waals surface area contributed by atoms with Gasteiger partial charge in [-0.25, -0.2) is 13.2 Å². The third-order valence-electron chi connectivity index (χ3n) is 4.50. The van der Waals surface area contributed by atoms with E-state index in [4.69, 9.17) is 9.15 Å². The number of halogens is 3. The van der Waals surface area contributed by atoms with E-state index in [1.54, 1.807) is 6.92 Å². The van der Waals surface area contributed by atoms with Gasteiger partial charge in [0, 0.05) is 25.0 Å². The molecule has 1 saturated heterocycles. The van der Waals surface area contributed by atoms with Crippen molar-refractivity contribution in [1.82, 2.24) is 9.62 Å². The molecule has 1 amide bonds. The van der Waals surface area contributed by atoms with Crippen LogP contribution in [0.1, 0.15) is 37.2 Å². The first-order chi connectivity index (χ1) is 14.4. The highest BCUT2D eigenvalue weighted by Gasteiger charge is 2.35. The molecule has 1 atom stereocenters. The van der Waals surface area contributed by atoms with Gasteiger partial charge in [0.1, 0.15) is 6.61 Å². The maximum absolute atomic E-state index is 12.7. The van der Waals surface area contributed by atoms with Crippen LogP contribution in [0, 0.1) is 5.92 Å². The molecule has 0 aromatic carbocycles. The molecule has 13 heteroatoms. The number of hydrogen-bond donors (Lipinski definition) is 1. The summed E-state index contributed by atoms with van der Waals surface area (Å²) in [6.07, 6.45) is -3.98. The Morgan fingerprint density at radius 1 is 1.29 bits per heavy atom. The molecule has 1 fully saturated rings. The first kappa shape index (κ1) is 25.1. The third kappa shape index (κ3) is 7.21. The van der Waals surface area contributed by atoms with Crippen LogP contribution < -0.4 is 5.32 Å². The monoisotopic (exact) mass is 470 g/mol. The average molecular weight is 470 g/mol. The number of hydrogen-bond acceptors (Lipinski definition) is 7. The second-order valence-electron chi connectivity index (χ2n) is 7.06. The van der Waals surface area contributed by atoms with Gasteiger partial charge in [-0.3, -0.25) is 4.79 Å². The molecule has 0 aliphatic carbocycles. The lowest BCUT2D eigenvalue weighted by Gasteiger charge is -2.30. The molecule has 0 spiro atoms. The molecule has 0 radical (unpaired) electrons. The van der Waals surface area contributed by atoms with E-state index in [9.17, 15) is 31.2 Å². The molecule has 1 aromatic rings. The zero-order chi connectivity index (χ0) is 23.2. The van der Waals surface area contributed by atoms with Gasteiger partial charge in [0.15, 0.2) is 0 Å². The third-order valence-corrected chi connectivity index (χ3v) is 6.27. The minimum atomic E-state index is -4.44. The average Bonchev–Trinajstić information content (AvgIpc) is 3.18. The fourth-order valence-electron chi connectivity index (χ4n) is 3.01. The van der Waals surface area contributed by atoms with Crippen LogP contribution in [0.2, 0.25) is 0 Å². The summed E-state index contributed by atoms with van der Waals surface area (Å²) in [5.74, 6) is -1.85. The second kappa shape index (κ2) is 10.5. The Kier molecular flexibility index (Phi) is 8.49. The summed E-state index contributed by atoms with van der Waals surface area (Å²) >= 11 is 0. The molecule has 1 N–H and O–H groups in total. The highest BCUT2D eigenvalue weighted by Crippen LogP contribution is 2.25. The van der Waals surface area contributed by atoms with E-state index in [1.807, 2.05) is 0 Å². The van der Waals surface area contributed by atoms with E-state index in [-0.39, 0.29) is 50.8 Å². The number of rotatable bonds is 9. The van der Waals surface area contributed by atoms with E-state index in [2.05, 4.69) is 10.1 Å². The Bertz CT molecular complexity index is 862. The highest BCUT2D eigenvalue weighted by atomic mass is 32.2. The topological polar surface area (TPSA) is 115 Å². The van der Waals surface area contributed by atoms with Crippen molar-refractivity contribution < 1.29 is 45.1 Å². The summed E-state index contributed by atoms with van der Waals surface area (Å²) in [5.41, 5.74) is 0. The fourth-order valence-corrected chi connectivity index (χ4v) is 4.39. The molecule has 0 saturated carbocycles. The van der Waals surface area contributed by atoms with Gasteiger partial charge in [-0.15, -0.1) is 0 Å². The van der Waals surface area contributed by atoms with Crippen molar-refractivity contribution in [2.24, 2.45) is 5.92 Å². The molecule has 1 aliphatic rings. The van der Waals surface area contributed by atoms with Gasteiger partial charge in [0.05, 0.1) is 13.2 Å². The predicted octanol–water partition coefficient (Wildman–Crippen LogP) is 1.94. The zero-order valence-corrected chi connectivity index (χ0v) is 17.9. The van der Waals surface area contributed by atoms with Crippen molar-refractivity contribution >= 4 is 21.9 Å². The van der Waals surface area contributed by atoms with Crippen molar-refractivity contribution in [3.05, 3.63) is 17.9 Å². The van der Waals surface area contributed by atoms with E-state index in [0.717, 1.165) is 4.31 Å². The summed E-state index contributed by atoms with van der Waals surface area (Å²) in [7, 11) is -3.99. The number of alkyl halides is 3. The summed E-state index contributed by atoms with van der Waals surface area (Å²) in [4.78, 5) is 24.0. The number of carbonyl (C=O) groups excluding carboxylic acids is 2. The number of sulfonamides is 1. The van der Waals surface area contributed by atoms with Crippen LogP contribution in [0.25, 0.3) is 0 Å². The smallest absolute Gasteiger partial charge is 0.411 e. The molecule has 176 valence electrons. The Hall–Kier alpha value is -2.12. The van der Waals surface area contributed by atoms with Crippen LogP contribution >= 0.6 is 0 Å². The first-order valence-corrected chi connectivity index (χ1v) is 11.1. The van der Waals surface area contributed by atoms with E-state index in [1.165, 1.54) is 19.1 Å². The normalized spacial score (nSPS) is 17.3. The maximum Gasteiger partial charge on any atom is 0.411 e. The summed E-state index contributed by atoms with van der Waals surface area (Å²) in [6.45, 7) is 1.66. The second-order valence-corrected chi connectivity index (χ2v) is 8.93. The minimum absolute atomic E-state index is 0.0504. The molecular weight excluding hydrogens is 445 g/mol. The quantitative estimate of drug-likeness (QED) is 0.549. The number of nitrogens with zero attached hydrogens (tertiary/aromatic N) is 1. The van der Waals surface area contributed by atoms with Crippen LogP contribution in [0.4, 0.5) is 13.2 Å². The van der Waals surface area contributed by atoms with Gasteiger partial charge in [-0.05, 0) is 38.8 Å². The number of carbonyl (C=O) groups is 2. The number of furan rings is 1. The zero-order valence-electron chi connectivity index (χ0n) is 17.1. The molecule has 1 aromatic heterocycles. The van der Waals surface area contributed by atoms with Gasteiger partial charge in [0.2, 0.25) is 16.8 Å². The van der Waals surface area contributed by atoms with Crippen molar-refractivity contribution in [3.8, 4) is 0 Å². The first-order valence-electron chi connectivity index (χ1n) is 9.66. The highest BCUT2D eigenvalue weighted by molar-refractivity contribution is 7.89. The van der Waals surface area contributed by atoms with Crippen molar-refractivity contribution in [1.29, 1.82) is 0 Å². The molecule has 1 aliphatic heterocycles. The van der Waals surface area contributed by atoms with E-state index in [0.29, 0.717) is 0 Å². The lowest BCUT2D eigenvalue weighted by Crippen LogP contribution is -2.45. The largest absolute Gasteiger partial charge is 0.460 e. The lowest BCUT2D eigenvalue weighted by atomic mass is 9.97. The maximum atomic E-state index is 12.7.